The largest absolute Gasteiger partial charge is 0.869 e. The number of Topliss-reactive ketones (excluding diaryl/α,β-unsaturated/α-hetero) is 1. The van der Waals surface area contributed by atoms with Crippen LogP contribution in [0.4, 0.5) is 26.3 Å². The molecule has 0 fully saturated rings. The van der Waals surface area contributed by atoms with Gasteiger partial charge in [-0.2, -0.15) is 26.3 Å². The molecule has 2 unspecified atom stereocenters. The second-order valence-corrected chi connectivity index (χ2v) is 16.3. The van der Waals surface area contributed by atoms with Gasteiger partial charge < -0.3 is 14.6 Å². The Morgan fingerprint density at radius 3 is 1.21 bits per heavy atom. The van der Waals surface area contributed by atoms with Crippen LogP contribution in [0.2, 0.25) is 0 Å². The molecule has 0 aliphatic rings. The monoisotopic (exact) mass is 696 g/mol. The fraction of sp³-hybridized carbons (Fsp3) is 0.343. The number of hydrogen-bond donors (Lipinski definition) is 0. The number of carbonyl (C=O) groups excluding carboxylic acids is 3. The first-order valence-electron chi connectivity index (χ1n) is 14.6. The van der Waals surface area contributed by atoms with Crippen molar-refractivity contribution in [3.63, 3.8) is 0 Å². The highest BCUT2D eigenvalue weighted by Gasteiger charge is 2.65. The summed E-state index contributed by atoms with van der Waals surface area (Å²) < 4.78 is 96.6. The molecule has 0 N–H and O–H groups in total. The lowest BCUT2D eigenvalue weighted by molar-refractivity contribution is -0.362. The molecule has 0 saturated carbocycles. The van der Waals surface area contributed by atoms with Crippen molar-refractivity contribution in [3.8, 4) is 0 Å². The smallest absolute Gasteiger partial charge is 0.454 e. The molecular formula is C35H35F6O6P. The number of ketones is 1. The molecular weight excluding hydrogens is 661 g/mol. The maximum atomic E-state index is 14.7. The van der Waals surface area contributed by atoms with Gasteiger partial charge in [-0.3, -0.25) is 9.59 Å². The molecule has 2 atom stereocenters. The Balaban J connectivity index is 2.77. The summed E-state index contributed by atoms with van der Waals surface area (Å²) in [5.74, 6) is -12.8. The average molecular weight is 697 g/mol. The molecule has 3 aromatic rings. The van der Waals surface area contributed by atoms with Gasteiger partial charge in [0.15, 0.2) is 5.66 Å². The van der Waals surface area contributed by atoms with Crippen molar-refractivity contribution in [2.24, 2.45) is 5.92 Å². The number of carbonyl (C=O) groups is 3. The predicted molar refractivity (Wildman–Crippen MR) is 168 cm³/mol. The summed E-state index contributed by atoms with van der Waals surface area (Å²) in [6.45, 7) is 8.08. The first kappa shape index (κ1) is 38.3. The first-order chi connectivity index (χ1) is 22.0. The highest BCUT2D eigenvalue weighted by atomic mass is 31.2. The van der Waals surface area contributed by atoms with Crippen LogP contribution in [0.25, 0.3) is 0 Å². The van der Waals surface area contributed by atoms with Gasteiger partial charge in [-0.15, -0.1) is 0 Å². The van der Waals surface area contributed by atoms with Crippen LogP contribution in [-0.2, 0) is 23.9 Å². The SMILES string of the molecule is CC(C)(C)OC(=O)C(/C(C(=O)C(F)(F)F)=C(\[O-])C(F)(F)F)C(C(=O)OC(C)(C)C)[P+](c1ccccc1)(c1ccccc1)c1ccccc1. The molecule has 3 rings (SSSR count). The van der Waals surface area contributed by atoms with Crippen molar-refractivity contribution in [1.82, 2.24) is 0 Å². The standard InChI is InChI=1S/C35H35F6O6P/c1-32(2,3)46-30(44)25(26(28(42)34(36,37)38)29(43)35(39,40)41)27(31(45)47-33(4,5)6)48(22-16-10-7-11-17-22,23-18-12-8-13-19-23)24-20-14-9-15-21-24/h7-21,25,27H,1-6H3. The van der Waals surface area contributed by atoms with Gasteiger partial charge in [-0.1, -0.05) is 54.6 Å². The van der Waals surface area contributed by atoms with E-state index in [9.17, 15) is 45.8 Å². The number of allylic oxidation sites excluding steroid dienone is 1. The molecule has 0 aromatic heterocycles. The number of ether oxygens (including phenoxy) is 2. The summed E-state index contributed by atoms with van der Waals surface area (Å²) in [5, 5.41) is 13.8. The summed E-state index contributed by atoms with van der Waals surface area (Å²) in [5.41, 5.74) is -7.82. The van der Waals surface area contributed by atoms with Crippen LogP contribution in [0.3, 0.4) is 0 Å². The molecule has 13 heteroatoms. The van der Waals surface area contributed by atoms with Crippen LogP contribution >= 0.6 is 7.26 Å². The van der Waals surface area contributed by atoms with Crippen LogP contribution in [0.5, 0.6) is 0 Å². The Morgan fingerprint density at radius 1 is 0.583 bits per heavy atom. The van der Waals surface area contributed by atoms with Crippen LogP contribution in [0.15, 0.2) is 102 Å². The molecule has 0 aliphatic carbocycles. The van der Waals surface area contributed by atoms with Crippen molar-refractivity contribution < 1.29 is 55.3 Å². The summed E-state index contributed by atoms with van der Waals surface area (Å²) in [6.07, 6.45) is -12.1. The zero-order valence-corrected chi connectivity index (χ0v) is 27.9. The Hall–Kier alpha value is -4.18. The van der Waals surface area contributed by atoms with Crippen LogP contribution in [0.1, 0.15) is 41.5 Å². The summed E-state index contributed by atoms with van der Waals surface area (Å²) in [7, 11) is -4.05. The second kappa shape index (κ2) is 14.1. The van der Waals surface area contributed by atoms with Crippen molar-refractivity contribution >= 4 is 40.9 Å². The lowest BCUT2D eigenvalue weighted by Crippen LogP contribution is -2.53. The zero-order chi connectivity index (χ0) is 36.3. The van der Waals surface area contributed by atoms with Crippen molar-refractivity contribution in [3.05, 3.63) is 102 Å². The molecule has 0 radical (unpaired) electrons. The minimum absolute atomic E-state index is 0.227. The van der Waals surface area contributed by atoms with E-state index in [0.717, 1.165) is 0 Å². The Morgan fingerprint density at radius 2 is 0.917 bits per heavy atom. The van der Waals surface area contributed by atoms with Gasteiger partial charge in [0, 0.05) is 5.57 Å². The topological polar surface area (TPSA) is 92.7 Å². The molecule has 6 nitrogen and oxygen atoms in total. The van der Waals surface area contributed by atoms with E-state index in [1.54, 1.807) is 18.2 Å². The van der Waals surface area contributed by atoms with Crippen molar-refractivity contribution in [2.75, 3.05) is 0 Å². The third-order valence-electron chi connectivity index (χ3n) is 6.85. The minimum atomic E-state index is -6.07. The maximum absolute atomic E-state index is 14.7. The van der Waals surface area contributed by atoms with E-state index in [1.165, 1.54) is 114 Å². The van der Waals surface area contributed by atoms with Gasteiger partial charge >= 0.3 is 24.3 Å². The molecule has 258 valence electrons. The van der Waals surface area contributed by atoms with Crippen molar-refractivity contribution in [1.29, 1.82) is 0 Å². The Bertz CT molecular complexity index is 1530. The van der Waals surface area contributed by atoms with Crippen LogP contribution in [-0.4, -0.2) is 46.9 Å². The van der Waals surface area contributed by atoms with Gasteiger partial charge in [0.05, 0.1) is 0 Å². The van der Waals surface area contributed by atoms with Gasteiger partial charge in [0.1, 0.15) is 40.3 Å². The average Bonchev–Trinajstić information content (AvgIpc) is 2.97. The van der Waals surface area contributed by atoms with Gasteiger partial charge in [0.25, 0.3) is 5.78 Å². The minimum Gasteiger partial charge on any atom is -0.869 e. The highest BCUT2D eigenvalue weighted by Crippen LogP contribution is 2.64. The molecule has 3 aromatic carbocycles. The molecule has 0 spiro atoms. The lowest BCUT2D eigenvalue weighted by Gasteiger charge is -2.39. The Kier molecular flexibility index (Phi) is 11.3. The highest BCUT2D eigenvalue weighted by molar-refractivity contribution is 7.97. The zero-order valence-electron chi connectivity index (χ0n) is 27.0. The number of esters is 2. The van der Waals surface area contributed by atoms with E-state index >= 15 is 0 Å². The molecule has 0 heterocycles. The van der Waals surface area contributed by atoms with Crippen molar-refractivity contribution in [2.45, 2.75) is 70.8 Å². The van der Waals surface area contributed by atoms with Gasteiger partial charge in [-0.25, -0.2) is 4.79 Å². The number of benzene rings is 3. The summed E-state index contributed by atoms with van der Waals surface area (Å²) in [6, 6.07) is 23.1. The van der Waals surface area contributed by atoms with Gasteiger partial charge in [-0.05, 0) is 83.7 Å². The second-order valence-electron chi connectivity index (χ2n) is 12.8. The summed E-state index contributed by atoms with van der Waals surface area (Å²) >= 11 is 0. The number of alkyl halides is 6. The fourth-order valence-electron chi connectivity index (χ4n) is 5.26. The predicted octanol–water partition coefficient (Wildman–Crippen LogP) is 5.96. The number of hydrogen-bond acceptors (Lipinski definition) is 6. The first-order valence-corrected chi connectivity index (χ1v) is 16.5. The number of rotatable bonds is 9. The summed E-state index contributed by atoms with van der Waals surface area (Å²) in [4.78, 5) is 42.0. The van der Waals surface area contributed by atoms with Crippen LogP contribution in [0, 0.1) is 5.92 Å². The van der Waals surface area contributed by atoms with Gasteiger partial charge in [0.2, 0.25) is 0 Å². The normalized spacial score (nSPS) is 14.8. The van der Waals surface area contributed by atoms with E-state index in [1.807, 2.05) is 0 Å². The Labute approximate surface area is 275 Å². The molecule has 0 amide bonds. The quantitative estimate of drug-likeness (QED) is 0.0903. The van der Waals surface area contributed by atoms with E-state index in [0.29, 0.717) is 0 Å². The van der Waals surface area contributed by atoms with E-state index < -0.39 is 71.4 Å². The molecule has 0 saturated heterocycles. The van der Waals surface area contributed by atoms with E-state index in [-0.39, 0.29) is 15.9 Å². The molecule has 0 bridgehead atoms. The molecule has 48 heavy (non-hydrogen) atoms. The number of halogens is 6. The third kappa shape index (κ3) is 8.64. The molecule has 0 aliphatic heterocycles. The maximum Gasteiger partial charge on any atom is 0.454 e. The van der Waals surface area contributed by atoms with Crippen LogP contribution < -0.4 is 21.0 Å². The fourth-order valence-corrected chi connectivity index (χ4v) is 10.1. The van der Waals surface area contributed by atoms with E-state index in [4.69, 9.17) is 9.47 Å². The lowest BCUT2D eigenvalue weighted by atomic mass is 9.89. The van der Waals surface area contributed by atoms with E-state index in [2.05, 4.69) is 0 Å². The third-order valence-corrected chi connectivity index (χ3v) is 11.5.